The zero-order valence-electron chi connectivity index (χ0n) is 18.0. The zero-order valence-corrected chi connectivity index (χ0v) is 19.7. The highest BCUT2D eigenvalue weighted by molar-refractivity contribution is 7.98. The predicted molar refractivity (Wildman–Crippen MR) is 130 cm³/mol. The molecule has 4 rings (SSSR count). The Labute approximate surface area is 191 Å². The number of benzene rings is 2. The average Bonchev–Trinajstić information content (AvgIpc) is 3.41. The number of nitrogens with zero attached hydrogens (tertiary/aromatic N) is 4. The van der Waals surface area contributed by atoms with Crippen LogP contribution in [0.4, 0.5) is 5.13 Å². The van der Waals surface area contributed by atoms with Gasteiger partial charge in [-0.1, -0.05) is 29.5 Å². The Kier molecular flexibility index (Phi) is 6.73. The van der Waals surface area contributed by atoms with E-state index in [0.717, 1.165) is 33.9 Å². The molecule has 0 unspecified atom stereocenters. The first-order valence-electron chi connectivity index (χ1n) is 10.3. The summed E-state index contributed by atoms with van der Waals surface area (Å²) in [5.74, 6) is 0.0796. The third kappa shape index (κ3) is 5.17. The van der Waals surface area contributed by atoms with Crippen LogP contribution < -0.4 is 4.90 Å². The summed E-state index contributed by atoms with van der Waals surface area (Å²) >= 11 is 3.31. The molecule has 2 heterocycles. The van der Waals surface area contributed by atoms with E-state index in [2.05, 4.69) is 49.4 Å². The maximum Gasteiger partial charge on any atom is 0.233 e. The standard InChI is InChI=1S/C24H26N4OS2/c1-17-13-18(2)23-21(14-17)26-24(31-23)28(11-4-10-27-12-9-25-16-27)22(29)15-19-5-7-20(30-3)8-6-19/h5-9,12-14,16H,4,10-11,15H2,1-3H3. The number of hydrogen-bond donors (Lipinski definition) is 0. The molecule has 31 heavy (non-hydrogen) atoms. The molecule has 0 radical (unpaired) electrons. The normalized spacial score (nSPS) is 11.2. The van der Waals surface area contributed by atoms with Crippen LogP contribution in [0, 0.1) is 13.8 Å². The number of hydrogen-bond acceptors (Lipinski definition) is 5. The van der Waals surface area contributed by atoms with Crippen molar-refractivity contribution in [3.05, 3.63) is 71.8 Å². The van der Waals surface area contributed by atoms with E-state index in [0.29, 0.717) is 13.0 Å². The summed E-state index contributed by atoms with van der Waals surface area (Å²) in [4.78, 5) is 25.4. The minimum Gasteiger partial charge on any atom is -0.337 e. The molecule has 0 aliphatic rings. The van der Waals surface area contributed by atoms with Crippen LogP contribution >= 0.6 is 23.1 Å². The third-order valence-electron chi connectivity index (χ3n) is 5.21. The van der Waals surface area contributed by atoms with E-state index < -0.39 is 0 Å². The molecule has 0 fully saturated rings. The number of fused-ring (bicyclic) bond motifs is 1. The Hall–Kier alpha value is -2.64. The Morgan fingerprint density at radius 1 is 1.19 bits per heavy atom. The smallest absolute Gasteiger partial charge is 0.233 e. The topological polar surface area (TPSA) is 51.0 Å². The number of rotatable bonds is 8. The first-order chi connectivity index (χ1) is 15.0. The van der Waals surface area contributed by atoms with Gasteiger partial charge >= 0.3 is 0 Å². The van der Waals surface area contributed by atoms with Crippen molar-refractivity contribution < 1.29 is 4.79 Å². The monoisotopic (exact) mass is 450 g/mol. The van der Waals surface area contributed by atoms with Crippen molar-refractivity contribution in [3.63, 3.8) is 0 Å². The highest BCUT2D eigenvalue weighted by atomic mass is 32.2. The van der Waals surface area contributed by atoms with Gasteiger partial charge in [0.2, 0.25) is 5.91 Å². The number of anilines is 1. The third-order valence-corrected chi connectivity index (χ3v) is 7.19. The van der Waals surface area contributed by atoms with E-state index in [1.807, 2.05) is 34.1 Å². The molecule has 0 N–H and O–H groups in total. The molecule has 2 aromatic carbocycles. The molecule has 1 amide bonds. The van der Waals surface area contributed by atoms with Gasteiger partial charge in [0, 0.05) is 30.4 Å². The number of thiazole rings is 1. The van der Waals surface area contributed by atoms with E-state index in [-0.39, 0.29) is 5.91 Å². The van der Waals surface area contributed by atoms with Gasteiger partial charge in [0.1, 0.15) is 0 Å². The Morgan fingerprint density at radius 2 is 2.00 bits per heavy atom. The van der Waals surface area contributed by atoms with E-state index in [1.165, 1.54) is 16.0 Å². The number of amides is 1. The molecule has 0 saturated heterocycles. The zero-order chi connectivity index (χ0) is 21.8. The largest absolute Gasteiger partial charge is 0.337 e. The maximum absolute atomic E-state index is 13.4. The molecular formula is C24H26N4OS2. The lowest BCUT2D eigenvalue weighted by Crippen LogP contribution is -2.33. The van der Waals surface area contributed by atoms with Crippen LogP contribution in [0.5, 0.6) is 0 Å². The van der Waals surface area contributed by atoms with Crippen LogP contribution in [0.25, 0.3) is 10.2 Å². The van der Waals surface area contributed by atoms with Crippen molar-refractivity contribution >= 4 is 44.4 Å². The van der Waals surface area contributed by atoms with Crippen LogP contribution in [-0.4, -0.2) is 33.2 Å². The molecule has 0 aliphatic heterocycles. The fourth-order valence-corrected chi connectivity index (χ4v) is 5.12. The lowest BCUT2D eigenvalue weighted by atomic mass is 10.1. The first-order valence-corrected chi connectivity index (χ1v) is 12.3. The SMILES string of the molecule is CSc1ccc(CC(=O)N(CCCn2ccnc2)c2nc3cc(C)cc(C)c3s2)cc1. The molecular weight excluding hydrogens is 424 g/mol. The second kappa shape index (κ2) is 9.66. The second-order valence-corrected chi connectivity index (χ2v) is 9.51. The molecule has 160 valence electrons. The molecule has 0 saturated carbocycles. The Balaban J connectivity index is 1.58. The average molecular weight is 451 g/mol. The summed E-state index contributed by atoms with van der Waals surface area (Å²) in [5.41, 5.74) is 4.38. The lowest BCUT2D eigenvalue weighted by Gasteiger charge is -2.20. The molecule has 0 atom stereocenters. The van der Waals surface area contributed by atoms with Crippen molar-refractivity contribution in [1.29, 1.82) is 0 Å². The van der Waals surface area contributed by atoms with E-state index in [9.17, 15) is 4.79 Å². The number of thioether (sulfide) groups is 1. The maximum atomic E-state index is 13.4. The minimum absolute atomic E-state index is 0.0796. The molecule has 7 heteroatoms. The van der Waals surface area contributed by atoms with E-state index >= 15 is 0 Å². The molecule has 2 aromatic heterocycles. The highest BCUT2D eigenvalue weighted by Crippen LogP contribution is 2.32. The highest BCUT2D eigenvalue weighted by Gasteiger charge is 2.20. The van der Waals surface area contributed by atoms with Crippen LogP contribution in [0.2, 0.25) is 0 Å². The number of aromatic nitrogens is 3. The van der Waals surface area contributed by atoms with E-state index in [4.69, 9.17) is 4.98 Å². The van der Waals surface area contributed by atoms with Crippen LogP contribution in [-0.2, 0) is 17.8 Å². The minimum atomic E-state index is 0.0796. The Bertz CT molecular complexity index is 1170. The number of carbonyl (C=O) groups excluding carboxylic acids is 1. The molecule has 4 aromatic rings. The molecule has 0 bridgehead atoms. The van der Waals surface area contributed by atoms with Crippen molar-refractivity contribution in [3.8, 4) is 0 Å². The second-order valence-electron chi connectivity index (χ2n) is 7.65. The van der Waals surface area contributed by atoms with Crippen molar-refractivity contribution in [2.45, 2.75) is 38.1 Å². The Morgan fingerprint density at radius 3 is 2.71 bits per heavy atom. The van der Waals surface area contributed by atoms with Gasteiger partial charge in [-0.15, -0.1) is 11.8 Å². The van der Waals surface area contributed by atoms with Gasteiger partial charge in [-0.2, -0.15) is 0 Å². The summed E-state index contributed by atoms with van der Waals surface area (Å²) in [6.07, 6.45) is 8.79. The van der Waals surface area contributed by atoms with Gasteiger partial charge < -0.3 is 4.57 Å². The summed E-state index contributed by atoms with van der Waals surface area (Å²) in [6, 6.07) is 12.5. The quantitative estimate of drug-likeness (QED) is 0.333. The van der Waals surface area contributed by atoms with E-state index in [1.54, 1.807) is 29.3 Å². The predicted octanol–water partition coefficient (Wildman–Crippen LogP) is 5.50. The first kappa shape index (κ1) is 21.6. The van der Waals surface area contributed by atoms with Gasteiger partial charge in [0.25, 0.3) is 0 Å². The fourth-order valence-electron chi connectivity index (χ4n) is 3.65. The van der Waals surface area contributed by atoms with Gasteiger partial charge in [0.15, 0.2) is 5.13 Å². The van der Waals surface area contributed by atoms with Crippen molar-refractivity contribution in [2.24, 2.45) is 0 Å². The van der Waals surface area contributed by atoms with Gasteiger partial charge in [0.05, 0.1) is 23.0 Å². The van der Waals surface area contributed by atoms with Crippen molar-refractivity contribution in [2.75, 3.05) is 17.7 Å². The van der Waals surface area contributed by atoms with Crippen LogP contribution in [0.15, 0.2) is 60.0 Å². The van der Waals surface area contributed by atoms with Crippen molar-refractivity contribution in [1.82, 2.24) is 14.5 Å². The molecule has 0 aliphatic carbocycles. The molecule has 5 nitrogen and oxygen atoms in total. The van der Waals surface area contributed by atoms with Gasteiger partial charge in [-0.05, 0) is 61.4 Å². The van der Waals surface area contributed by atoms with Crippen LogP contribution in [0.3, 0.4) is 0 Å². The summed E-state index contributed by atoms with van der Waals surface area (Å²) in [7, 11) is 0. The molecule has 0 spiro atoms. The van der Waals surface area contributed by atoms with Crippen LogP contribution in [0.1, 0.15) is 23.1 Å². The van der Waals surface area contributed by atoms with Gasteiger partial charge in [-0.25, -0.2) is 9.97 Å². The lowest BCUT2D eigenvalue weighted by molar-refractivity contribution is -0.118. The summed E-state index contributed by atoms with van der Waals surface area (Å²) < 4.78 is 3.19. The fraction of sp³-hybridized carbons (Fsp3) is 0.292. The summed E-state index contributed by atoms with van der Waals surface area (Å²) in [6.45, 7) is 5.63. The number of carbonyl (C=O) groups is 1. The van der Waals surface area contributed by atoms with Gasteiger partial charge in [-0.3, -0.25) is 9.69 Å². The number of aryl methyl sites for hydroxylation is 3. The summed E-state index contributed by atoms with van der Waals surface area (Å²) in [5, 5.41) is 0.778. The number of imidazole rings is 1.